The van der Waals surface area contributed by atoms with Gasteiger partial charge in [-0.3, -0.25) is 4.79 Å². The molecule has 1 saturated heterocycles. The average molecular weight is 468 g/mol. The van der Waals surface area contributed by atoms with Crippen molar-refractivity contribution in [3.05, 3.63) is 62.5 Å². The van der Waals surface area contributed by atoms with Crippen LogP contribution in [0.4, 0.5) is 11.4 Å². The minimum absolute atomic E-state index is 0.116. The molecule has 0 spiro atoms. The summed E-state index contributed by atoms with van der Waals surface area (Å²) in [6.45, 7) is 14.2. The molecular formula is C26H30ClN3OS. The Bertz CT molecular complexity index is 1150. The SMILES string of the molecule is CCN1c2cc(C)c(/C=C3\SC(=Nc4cc(Cl)ccc4C)NC3=O)cc2[C@@H](C)CC1(C)C. The molecule has 2 aromatic carbocycles. The Morgan fingerprint density at radius 3 is 2.72 bits per heavy atom. The van der Waals surface area contributed by atoms with Gasteiger partial charge < -0.3 is 10.2 Å². The topological polar surface area (TPSA) is 44.7 Å². The molecule has 0 unspecified atom stereocenters. The van der Waals surface area contributed by atoms with Gasteiger partial charge in [0.1, 0.15) is 0 Å². The van der Waals surface area contributed by atoms with Crippen molar-refractivity contribution in [1.82, 2.24) is 5.32 Å². The van der Waals surface area contributed by atoms with Gasteiger partial charge in [0.05, 0.1) is 10.6 Å². The van der Waals surface area contributed by atoms with Crippen molar-refractivity contribution in [2.45, 2.75) is 59.4 Å². The molecule has 32 heavy (non-hydrogen) atoms. The molecule has 2 aliphatic heterocycles. The number of amides is 1. The average Bonchev–Trinajstić information content (AvgIpc) is 3.04. The van der Waals surface area contributed by atoms with Crippen molar-refractivity contribution >= 4 is 51.9 Å². The van der Waals surface area contributed by atoms with E-state index in [4.69, 9.17) is 11.6 Å². The first-order chi connectivity index (χ1) is 15.1. The molecule has 0 saturated carbocycles. The Hall–Kier alpha value is -2.24. The van der Waals surface area contributed by atoms with Gasteiger partial charge in [-0.25, -0.2) is 4.99 Å². The molecule has 0 radical (unpaired) electrons. The Kier molecular flexibility index (Phi) is 6.17. The van der Waals surface area contributed by atoms with Gasteiger partial charge in [-0.15, -0.1) is 0 Å². The number of hydrogen-bond acceptors (Lipinski definition) is 4. The lowest BCUT2D eigenvalue weighted by Crippen LogP contribution is -2.48. The van der Waals surface area contributed by atoms with E-state index in [1.54, 1.807) is 0 Å². The van der Waals surface area contributed by atoms with Gasteiger partial charge in [-0.2, -0.15) is 0 Å². The smallest absolute Gasteiger partial charge is 0.264 e. The summed E-state index contributed by atoms with van der Waals surface area (Å²) < 4.78 is 0. The van der Waals surface area contributed by atoms with E-state index in [-0.39, 0.29) is 11.4 Å². The molecule has 2 aliphatic rings. The fourth-order valence-electron chi connectivity index (χ4n) is 4.84. The summed E-state index contributed by atoms with van der Waals surface area (Å²) in [5.41, 5.74) is 6.85. The second-order valence-corrected chi connectivity index (χ2v) is 10.8. The van der Waals surface area contributed by atoms with Gasteiger partial charge in [0.15, 0.2) is 5.17 Å². The maximum atomic E-state index is 12.7. The Morgan fingerprint density at radius 2 is 2.00 bits per heavy atom. The molecular weight excluding hydrogens is 438 g/mol. The predicted octanol–water partition coefficient (Wildman–Crippen LogP) is 6.96. The van der Waals surface area contributed by atoms with Gasteiger partial charge in [-0.1, -0.05) is 24.6 Å². The van der Waals surface area contributed by atoms with Crippen molar-refractivity contribution in [1.29, 1.82) is 0 Å². The van der Waals surface area contributed by atoms with Crippen LogP contribution in [-0.2, 0) is 4.79 Å². The number of rotatable bonds is 3. The van der Waals surface area contributed by atoms with E-state index in [0.29, 0.717) is 21.0 Å². The van der Waals surface area contributed by atoms with Crippen molar-refractivity contribution < 1.29 is 4.79 Å². The van der Waals surface area contributed by atoms with Crippen LogP contribution in [0.25, 0.3) is 6.08 Å². The Morgan fingerprint density at radius 1 is 1.25 bits per heavy atom. The number of benzene rings is 2. The third-order valence-electron chi connectivity index (χ3n) is 6.42. The molecule has 168 valence electrons. The second kappa shape index (κ2) is 8.60. The molecule has 4 nitrogen and oxygen atoms in total. The number of halogens is 1. The van der Waals surface area contributed by atoms with Crippen LogP contribution in [0.2, 0.25) is 5.02 Å². The summed E-state index contributed by atoms with van der Waals surface area (Å²) in [5, 5.41) is 4.10. The summed E-state index contributed by atoms with van der Waals surface area (Å²) in [6, 6.07) is 10.1. The largest absolute Gasteiger partial charge is 0.366 e. The van der Waals surface area contributed by atoms with Crippen LogP contribution >= 0.6 is 23.4 Å². The highest BCUT2D eigenvalue weighted by Crippen LogP contribution is 2.44. The summed E-state index contributed by atoms with van der Waals surface area (Å²) in [6.07, 6.45) is 3.10. The zero-order chi connectivity index (χ0) is 23.2. The van der Waals surface area contributed by atoms with Gasteiger partial charge in [0.25, 0.3) is 5.91 Å². The van der Waals surface area contributed by atoms with Crippen LogP contribution in [0, 0.1) is 13.8 Å². The number of nitrogens with zero attached hydrogens (tertiary/aromatic N) is 2. The Balaban J connectivity index is 1.67. The minimum atomic E-state index is -0.116. The third kappa shape index (κ3) is 4.33. The first-order valence-corrected chi connectivity index (χ1v) is 12.3. The van der Waals surface area contributed by atoms with Gasteiger partial charge in [-0.05, 0) is 111 Å². The summed E-state index contributed by atoms with van der Waals surface area (Å²) in [7, 11) is 0. The molecule has 4 rings (SSSR count). The van der Waals surface area contributed by atoms with Crippen LogP contribution < -0.4 is 10.2 Å². The number of nitrogens with one attached hydrogen (secondary N) is 1. The summed E-state index contributed by atoms with van der Waals surface area (Å²) in [4.78, 5) is 20.4. The molecule has 0 aromatic heterocycles. The van der Waals surface area contributed by atoms with Gasteiger partial charge >= 0.3 is 0 Å². The molecule has 6 heteroatoms. The fraction of sp³-hybridized carbons (Fsp3) is 0.385. The lowest BCUT2D eigenvalue weighted by molar-refractivity contribution is -0.115. The van der Waals surface area contributed by atoms with Crippen LogP contribution in [0.3, 0.4) is 0 Å². The third-order valence-corrected chi connectivity index (χ3v) is 7.57. The first-order valence-electron chi connectivity index (χ1n) is 11.1. The Labute approximate surface area is 200 Å². The number of hydrogen-bond donors (Lipinski definition) is 1. The van der Waals surface area contributed by atoms with Gasteiger partial charge in [0, 0.05) is 22.8 Å². The highest BCUT2D eigenvalue weighted by molar-refractivity contribution is 8.18. The summed E-state index contributed by atoms with van der Waals surface area (Å²) in [5.74, 6) is 0.350. The van der Waals surface area contributed by atoms with E-state index in [1.807, 2.05) is 31.2 Å². The second-order valence-electron chi connectivity index (χ2n) is 9.34. The van der Waals surface area contributed by atoms with Crippen LogP contribution in [0.5, 0.6) is 0 Å². The van der Waals surface area contributed by atoms with E-state index in [0.717, 1.165) is 29.8 Å². The van der Waals surface area contributed by atoms with E-state index in [9.17, 15) is 4.79 Å². The van der Waals surface area contributed by atoms with Crippen molar-refractivity contribution in [3.63, 3.8) is 0 Å². The van der Waals surface area contributed by atoms with E-state index in [1.165, 1.54) is 28.6 Å². The summed E-state index contributed by atoms with van der Waals surface area (Å²) >= 11 is 7.49. The minimum Gasteiger partial charge on any atom is -0.366 e. The standard InChI is InChI=1S/C26H30ClN3OS/c1-7-30-22-10-16(3)18(11-20(22)17(4)14-26(30,5)6)12-23-24(31)29-25(32-23)28-21-13-19(27)9-8-15(21)2/h8-13,17H,7,14H2,1-6H3,(H,28,29,31)/b23-12-/t17-/m0/s1. The predicted molar refractivity (Wildman–Crippen MR) is 138 cm³/mol. The van der Waals surface area contributed by atoms with Crippen LogP contribution in [-0.4, -0.2) is 23.2 Å². The molecule has 2 aromatic rings. The molecule has 0 aliphatic carbocycles. The maximum absolute atomic E-state index is 12.7. The van der Waals surface area contributed by atoms with Crippen molar-refractivity contribution in [2.24, 2.45) is 4.99 Å². The molecule has 2 heterocycles. The van der Waals surface area contributed by atoms with E-state index < -0.39 is 0 Å². The number of aryl methyl sites for hydroxylation is 2. The number of amidine groups is 1. The number of aliphatic imine (C=N–C) groups is 1. The number of carbonyl (C=O) groups excluding carboxylic acids is 1. The van der Waals surface area contributed by atoms with Crippen molar-refractivity contribution in [3.8, 4) is 0 Å². The zero-order valence-electron chi connectivity index (χ0n) is 19.5. The molecule has 1 N–H and O–H groups in total. The number of thioether (sulfide) groups is 1. The van der Waals surface area contributed by atoms with Crippen molar-refractivity contribution in [2.75, 3.05) is 11.4 Å². The highest BCUT2D eigenvalue weighted by Gasteiger charge is 2.36. The monoisotopic (exact) mass is 467 g/mol. The van der Waals surface area contributed by atoms with Gasteiger partial charge in [0.2, 0.25) is 0 Å². The number of carbonyl (C=O) groups is 1. The fourth-order valence-corrected chi connectivity index (χ4v) is 5.83. The first kappa shape index (κ1) is 22.9. The highest BCUT2D eigenvalue weighted by atomic mass is 35.5. The maximum Gasteiger partial charge on any atom is 0.264 e. The molecule has 1 atom stereocenters. The molecule has 1 amide bonds. The van der Waals surface area contributed by atoms with Crippen LogP contribution in [0.15, 0.2) is 40.2 Å². The zero-order valence-corrected chi connectivity index (χ0v) is 21.1. The van der Waals surface area contributed by atoms with Crippen LogP contribution in [0.1, 0.15) is 62.3 Å². The normalized spacial score (nSPS) is 22.4. The molecule has 0 bridgehead atoms. The lowest BCUT2D eigenvalue weighted by Gasteiger charge is -2.47. The number of fused-ring (bicyclic) bond motifs is 1. The lowest BCUT2D eigenvalue weighted by atomic mass is 9.79. The van der Waals surface area contributed by atoms with E-state index >= 15 is 0 Å². The number of anilines is 1. The quantitative estimate of drug-likeness (QED) is 0.496. The van der Waals surface area contributed by atoms with E-state index in [2.05, 4.69) is 62.0 Å². The molecule has 1 fully saturated rings.